The van der Waals surface area contributed by atoms with Crippen molar-refractivity contribution in [2.75, 3.05) is 7.11 Å². The highest BCUT2D eigenvalue weighted by atomic mass is 79.9. The van der Waals surface area contributed by atoms with Crippen molar-refractivity contribution in [3.63, 3.8) is 0 Å². The first-order chi connectivity index (χ1) is 10.1. The van der Waals surface area contributed by atoms with E-state index in [9.17, 15) is 0 Å². The van der Waals surface area contributed by atoms with Gasteiger partial charge in [-0.2, -0.15) is 0 Å². The zero-order chi connectivity index (χ0) is 15.2. The lowest BCUT2D eigenvalue weighted by Gasteiger charge is -2.29. The number of hydrogen-bond donors (Lipinski definition) is 1. The first-order valence-electron chi connectivity index (χ1n) is 7.65. The van der Waals surface area contributed by atoms with Crippen LogP contribution in [0, 0.1) is 0 Å². The van der Waals surface area contributed by atoms with Gasteiger partial charge in [0.15, 0.2) is 0 Å². The maximum Gasteiger partial charge on any atom is 0.218 e. The molecule has 1 heterocycles. The van der Waals surface area contributed by atoms with E-state index in [0.29, 0.717) is 12.1 Å². The van der Waals surface area contributed by atoms with Gasteiger partial charge in [-0.15, -0.1) is 0 Å². The highest BCUT2D eigenvalue weighted by molar-refractivity contribution is 9.10. The SMILES string of the molecule is COC1CCCC(Oc2ncc(Br)cc2CNC(C)C)C1. The van der Waals surface area contributed by atoms with Crippen molar-refractivity contribution in [1.29, 1.82) is 0 Å². The minimum Gasteiger partial charge on any atom is -0.474 e. The average Bonchev–Trinajstić information content (AvgIpc) is 2.47. The van der Waals surface area contributed by atoms with E-state index in [2.05, 4.69) is 46.1 Å². The van der Waals surface area contributed by atoms with E-state index in [-0.39, 0.29) is 6.10 Å². The van der Waals surface area contributed by atoms with Crippen LogP contribution in [0.2, 0.25) is 0 Å². The van der Waals surface area contributed by atoms with E-state index in [1.165, 1.54) is 0 Å². The molecule has 1 aliphatic rings. The molecule has 0 amide bonds. The van der Waals surface area contributed by atoms with Crippen LogP contribution in [0.3, 0.4) is 0 Å². The van der Waals surface area contributed by atoms with Crippen molar-refractivity contribution in [2.45, 2.75) is 64.3 Å². The minimum atomic E-state index is 0.204. The first kappa shape index (κ1) is 16.7. The smallest absolute Gasteiger partial charge is 0.218 e. The molecule has 0 spiro atoms. The van der Waals surface area contributed by atoms with Crippen LogP contribution in [0.1, 0.15) is 45.1 Å². The molecule has 4 nitrogen and oxygen atoms in total. The topological polar surface area (TPSA) is 43.4 Å². The third-order valence-electron chi connectivity index (χ3n) is 3.78. The molecule has 1 fully saturated rings. The van der Waals surface area contributed by atoms with Crippen LogP contribution in [0.15, 0.2) is 16.7 Å². The Morgan fingerprint density at radius 1 is 1.38 bits per heavy atom. The Hall–Kier alpha value is -0.650. The number of ether oxygens (including phenoxy) is 2. The van der Waals surface area contributed by atoms with Crippen molar-refractivity contribution >= 4 is 15.9 Å². The maximum absolute atomic E-state index is 6.15. The average molecular weight is 357 g/mol. The molecule has 1 aromatic rings. The lowest BCUT2D eigenvalue weighted by atomic mass is 9.95. The van der Waals surface area contributed by atoms with Crippen LogP contribution in [0.5, 0.6) is 5.88 Å². The van der Waals surface area contributed by atoms with Gasteiger partial charge in [0.25, 0.3) is 0 Å². The molecular weight excluding hydrogens is 332 g/mol. The summed E-state index contributed by atoms with van der Waals surface area (Å²) in [6.45, 7) is 5.03. The van der Waals surface area contributed by atoms with E-state index in [1.807, 2.05) is 0 Å². The first-order valence-corrected chi connectivity index (χ1v) is 8.45. The van der Waals surface area contributed by atoms with Gasteiger partial charge in [-0.25, -0.2) is 4.98 Å². The third-order valence-corrected chi connectivity index (χ3v) is 4.22. The predicted octanol–water partition coefficient (Wildman–Crippen LogP) is 3.68. The maximum atomic E-state index is 6.15. The second-order valence-corrected chi connectivity index (χ2v) is 6.83. The summed E-state index contributed by atoms with van der Waals surface area (Å²) in [5, 5.41) is 3.42. The van der Waals surface area contributed by atoms with Crippen LogP contribution in [-0.2, 0) is 11.3 Å². The Bertz CT molecular complexity index is 454. The standard InChI is InChI=1S/C16H25BrN2O2/c1-11(2)18-9-12-7-13(17)10-19-16(12)21-15-6-4-5-14(8-15)20-3/h7,10-11,14-15,18H,4-6,8-9H2,1-3H3. The fourth-order valence-electron chi connectivity index (χ4n) is 2.60. The van der Waals surface area contributed by atoms with Gasteiger partial charge in [0.2, 0.25) is 5.88 Å². The Labute approximate surface area is 135 Å². The quantitative estimate of drug-likeness (QED) is 0.844. The second-order valence-electron chi connectivity index (χ2n) is 5.92. The molecule has 2 unspecified atom stereocenters. The molecule has 1 N–H and O–H groups in total. The van der Waals surface area contributed by atoms with E-state index < -0.39 is 0 Å². The molecule has 0 radical (unpaired) electrons. The molecule has 21 heavy (non-hydrogen) atoms. The molecule has 2 rings (SSSR count). The number of rotatable bonds is 6. The molecule has 0 aliphatic heterocycles. The molecule has 118 valence electrons. The summed E-state index contributed by atoms with van der Waals surface area (Å²) in [4.78, 5) is 4.45. The summed E-state index contributed by atoms with van der Waals surface area (Å²) >= 11 is 3.48. The number of nitrogens with zero attached hydrogens (tertiary/aromatic N) is 1. The van der Waals surface area contributed by atoms with Crippen LogP contribution in [0.4, 0.5) is 0 Å². The lowest BCUT2D eigenvalue weighted by Crippen LogP contribution is -2.30. The van der Waals surface area contributed by atoms with Crippen LogP contribution in [-0.4, -0.2) is 30.3 Å². The van der Waals surface area contributed by atoms with E-state index in [1.54, 1.807) is 13.3 Å². The molecule has 5 heteroatoms. The highest BCUT2D eigenvalue weighted by Gasteiger charge is 2.24. The van der Waals surface area contributed by atoms with Crippen molar-refractivity contribution in [3.05, 3.63) is 22.3 Å². The molecule has 2 atom stereocenters. The van der Waals surface area contributed by atoms with E-state index >= 15 is 0 Å². The number of hydrogen-bond acceptors (Lipinski definition) is 4. The van der Waals surface area contributed by atoms with Gasteiger partial charge in [-0.1, -0.05) is 13.8 Å². The van der Waals surface area contributed by atoms with Gasteiger partial charge in [-0.05, 0) is 41.3 Å². The number of nitrogens with one attached hydrogen (secondary N) is 1. The molecule has 0 bridgehead atoms. The Morgan fingerprint density at radius 3 is 2.86 bits per heavy atom. The molecule has 1 saturated carbocycles. The van der Waals surface area contributed by atoms with Crippen molar-refractivity contribution < 1.29 is 9.47 Å². The summed E-state index contributed by atoms with van der Waals surface area (Å²) < 4.78 is 12.6. The largest absolute Gasteiger partial charge is 0.474 e. The van der Waals surface area contributed by atoms with Gasteiger partial charge < -0.3 is 14.8 Å². The fourth-order valence-corrected chi connectivity index (χ4v) is 2.98. The van der Waals surface area contributed by atoms with Gasteiger partial charge >= 0.3 is 0 Å². The number of halogens is 1. The third kappa shape index (κ3) is 5.24. The number of methoxy groups -OCH3 is 1. The Morgan fingerprint density at radius 2 is 2.14 bits per heavy atom. The van der Waals surface area contributed by atoms with Crippen LogP contribution >= 0.6 is 15.9 Å². The summed E-state index contributed by atoms with van der Waals surface area (Å²) in [7, 11) is 1.78. The normalized spacial score (nSPS) is 22.5. The molecule has 0 aromatic carbocycles. The lowest BCUT2D eigenvalue weighted by molar-refractivity contribution is 0.0191. The second kappa shape index (κ2) is 8.11. The fraction of sp³-hybridized carbons (Fsp3) is 0.688. The summed E-state index contributed by atoms with van der Waals surface area (Å²) in [5.74, 6) is 0.744. The summed E-state index contributed by atoms with van der Waals surface area (Å²) in [6, 6.07) is 2.51. The van der Waals surface area contributed by atoms with E-state index in [0.717, 1.165) is 48.1 Å². The zero-order valence-corrected chi connectivity index (χ0v) is 14.6. The highest BCUT2D eigenvalue weighted by Crippen LogP contribution is 2.27. The molecular formula is C16H25BrN2O2. The molecule has 0 saturated heterocycles. The minimum absolute atomic E-state index is 0.204. The van der Waals surface area contributed by atoms with Crippen LogP contribution < -0.4 is 10.1 Å². The van der Waals surface area contributed by atoms with Crippen LogP contribution in [0.25, 0.3) is 0 Å². The monoisotopic (exact) mass is 356 g/mol. The summed E-state index contributed by atoms with van der Waals surface area (Å²) in [5.41, 5.74) is 1.10. The van der Waals surface area contributed by atoms with Crippen molar-refractivity contribution in [2.24, 2.45) is 0 Å². The Kier molecular flexibility index (Phi) is 6.45. The Balaban J connectivity index is 2.04. The van der Waals surface area contributed by atoms with Crippen molar-refractivity contribution in [3.8, 4) is 5.88 Å². The number of pyridine rings is 1. The molecule has 1 aromatic heterocycles. The summed E-state index contributed by atoms with van der Waals surface area (Å²) in [6.07, 6.45) is 6.63. The number of aromatic nitrogens is 1. The van der Waals surface area contributed by atoms with Gasteiger partial charge in [0.05, 0.1) is 6.10 Å². The van der Waals surface area contributed by atoms with E-state index in [4.69, 9.17) is 9.47 Å². The predicted molar refractivity (Wildman–Crippen MR) is 87.6 cm³/mol. The van der Waals surface area contributed by atoms with Gasteiger partial charge in [0.1, 0.15) is 6.10 Å². The zero-order valence-electron chi connectivity index (χ0n) is 13.1. The molecule has 1 aliphatic carbocycles. The van der Waals surface area contributed by atoms with Gasteiger partial charge in [-0.3, -0.25) is 0 Å². The van der Waals surface area contributed by atoms with Crippen molar-refractivity contribution in [1.82, 2.24) is 10.3 Å². The van der Waals surface area contributed by atoms with Gasteiger partial charge in [0, 0.05) is 42.4 Å².